The molecule has 1 atom stereocenters. The minimum Gasteiger partial charge on any atom is -0.467 e. The summed E-state index contributed by atoms with van der Waals surface area (Å²) in [6, 6.07) is 7.31. The summed E-state index contributed by atoms with van der Waals surface area (Å²) in [4.78, 5) is 13.5. The number of rotatable bonds is 5. The number of furan rings is 2. The Morgan fingerprint density at radius 2 is 1.72 bits per heavy atom. The Labute approximate surface area is 114 Å². The van der Waals surface area contributed by atoms with E-state index in [2.05, 4.69) is 15.9 Å². The topological polar surface area (TPSA) is 46.6 Å². The van der Waals surface area contributed by atoms with Crippen LogP contribution in [-0.2, 0) is 17.9 Å². The zero-order chi connectivity index (χ0) is 13.0. The minimum atomic E-state index is -0.234. The van der Waals surface area contributed by atoms with Crippen molar-refractivity contribution in [2.45, 2.75) is 24.8 Å². The Morgan fingerprint density at radius 3 is 2.06 bits per heavy atom. The number of carbonyl (C=O) groups is 1. The Balaban J connectivity index is 2.09. The lowest BCUT2D eigenvalue weighted by Crippen LogP contribution is -2.34. The molecule has 0 aliphatic carbocycles. The minimum absolute atomic E-state index is 0.00259. The van der Waals surface area contributed by atoms with E-state index >= 15 is 0 Å². The van der Waals surface area contributed by atoms with Gasteiger partial charge in [0, 0.05) is 0 Å². The van der Waals surface area contributed by atoms with Crippen molar-refractivity contribution < 1.29 is 13.6 Å². The molecular formula is C13H14BrNO3. The summed E-state index contributed by atoms with van der Waals surface area (Å²) in [5.41, 5.74) is 0. The van der Waals surface area contributed by atoms with E-state index in [1.165, 1.54) is 0 Å². The van der Waals surface area contributed by atoms with Gasteiger partial charge in [0.2, 0.25) is 5.91 Å². The second-order valence-corrected chi connectivity index (χ2v) is 5.34. The zero-order valence-electron chi connectivity index (χ0n) is 10.0. The predicted molar refractivity (Wildman–Crippen MR) is 70.1 cm³/mol. The molecule has 2 rings (SSSR count). The summed E-state index contributed by atoms with van der Waals surface area (Å²) in [7, 11) is 0. The molecule has 1 unspecified atom stereocenters. The van der Waals surface area contributed by atoms with Crippen molar-refractivity contribution in [3.05, 3.63) is 48.3 Å². The van der Waals surface area contributed by atoms with Crippen LogP contribution in [0.4, 0.5) is 0 Å². The summed E-state index contributed by atoms with van der Waals surface area (Å²) in [6.45, 7) is 2.67. The van der Waals surface area contributed by atoms with Crippen LogP contribution in [0.2, 0.25) is 0 Å². The first-order valence-electron chi connectivity index (χ1n) is 5.64. The number of hydrogen-bond donors (Lipinski definition) is 0. The highest BCUT2D eigenvalue weighted by Crippen LogP contribution is 2.14. The standard InChI is InChI=1S/C13H14BrNO3/c1-10(14)13(16)15(8-11-4-2-6-17-11)9-12-5-3-7-18-12/h2-7,10H,8-9H2,1H3. The molecule has 2 aromatic rings. The van der Waals surface area contributed by atoms with Crippen LogP contribution in [0.15, 0.2) is 45.6 Å². The lowest BCUT2D eigenvalue weighted by Gasteiger charge is -2.21. The largest absolute Gasteiger partial charge is 0.467 e. The Bertz CT molecular complexity index is 440. The predicted octanol–water partition coefficient (Wildman–Crippen LogP) is 3.18. The molecule has 2 heterocycles. The normalized spacial score (nSPS) is 12.3. The molecule has 0 aromatic carbocycles. The summed E-state index contributed by atoms with van der Waals surface area (Å²) in [5.74, 6) is 1.51. The molecule has 0 spiro atoms. The van der Waals surface area contributed by atoms with Gasteiger partial charge < -0.3 is 13.7 Å². The monoisotopic (exact) mass is 311 g/mol. The SMILES string of the molecule is CC(Br)C(=O)N(Cc1ccco1)Cc1ccco1. The van der Waals surface area contributed by atoms with E-state index in [1.807, 2.05) is 24.3 Å². The molecule has 0 fully saturated rings. The van der Waals surface area contributed by atoms with Gasteiger partial charge in [-0.2, -0.15) is 0 Å². The van der Waals surface area contributed by atoms with Crippen molar-refractivity contribution in [2.75, 3.05) is 0 Å². The van der Waals surface area contributed by atoms with Crippen molar-refractivity contribution in [1.82, 2.24) is 4.90 Å². The van der Waals surface area contributed by atoms with Crippen LogP contribution in [0, 0.1) is 0 Å². The Morgan fingerprint density at radius 1 is 1.22 bits per heavy atom. The van der Waals surface area contributed by atoms with Crippen molar-refractivity contribution >= 4 is 21.8 Å². The third-order valence-electron chi connectivity index (χ3n) is 2.51. The fraction of sp³-hybridized carbons (Fsp3) is 0.308. The van der Waals surface area contributed by atoms with E-state index < -0.39 is 0 Å². The lowest BCUT2D eigenvalue weighted by molar-refractivity contribution is -0.131. The highest BCUT2D eigenvalue weighted by Gasteiger charge is 2.20. The van der Waals surface area contributed by atoms with E-state index in [-0.39, 0.29) is 10.7 Å². The second-order valence-electron chi connectivity index (χ2n) is 3.97. The van der Waals surface area contributed by atoms with Gasteiger partial charge in [0.05, 0.1) is 30.4 Å². The van der Waals surface area contributed by atoms with Crippen LogP contribution in [0.3, 0.4) is 0 Å². The molecule has 96 valence electrons. The number of alkyl halides is 1. The third-order valence-corrected chi connectivity index (χ3v) is 2.90. The number of carbonyl (C=O) groups excluding carboxylic acids is 1. The van der Waals surface area contributed by atoms with Crippen LogP contribution in [0.1, 0.15) is 18.4 Å². The van der Waals surface area contributed by atoms with E-state index in [4.69, 9.17) is 8.83 Å². The molecule has 0 bridgehead atoms. The molecule has 0 aliphatic rings. The van der Waals surface area contributed by atoms with E-state index in [9.17, 15) is 4.79 Å². The molecule has 0 N–H and O–H groups in total. The smallest absolute Gasteiger partial charge is 0.236 e. The third kappa shape index (κ3) is 3.26. The number of nitrogens with zero attached hydrogens (tertiary/aromatic N) is 1. The summed E-state index contributed by atoms with van der Waals surface area (Å²) in [5, 5.41) is 0. The van der Waals surface area contributed by atoms with Crippen molar-refractivity contribution in [1.29, 1.82) is 0 Å². The van der Waals surface area contributed by atoms with Gasteiger partial charge >= 0.3 is 0 Å². The van der Waals surface area contributed by atoms with Crippen molar-refractivity contribution in [3.63, 3.8) is 0 Å². The molecule has 0 saturated carbocycles. The molecular weight excluding hydrogens is 298 g/mol. The fourth-order valence-electron chi connectivity index (χ4n) is 1.64. The van der Waals surface area contributed by atoms with Gasteiger partial charge in [-0.15, -0.1) is 0 Å². The Hall–Kier alpha value is -1.49. The van der Waals surface area contributed by atoms with Gasteiger partial charge in [0.1, 0.15) is 11.5 Å². The van der Waals surface area contributed by atoms with E-state index in [0.29, 0.717) is 13.1 Å². The molecule has 1 amide bonds. The molecule has 18 heavy (non-hydrogen) atoms. The van der Waals surface area contributed by atoms with Crippen molar-refractivity contribution in [2.24, 2.45) is 0 Å². The van der Waals surface area contributed by atoms with E-state index in [0.717, 1.165) is 11.5 Å². The van der Waals surface area contributed by atoms with Crippen LogP contribution < -0.4 is 0 Å². The first-order valence-corrected chi connectivity index (χ1v) is 6.56. The number of amides is 1. The molecule has 2 aromatic heterocycles. The maximum absolute atomic E-state index is 12.1. The highest BCUT2D eigenvalue weighted by molar-refractivity contribution is 9.10. The maximum atomic E-state index is 12.1. The van der Waals surface area contributed by atoms with Crippen LogP contribution in [0.25, 0.3) is 0 Å². The molecule has 0 saturated heterocycles. The van der Waals surface area contributed by atoms with Gasteiger partial charge in [0.25, 0.3) is 0 Å². The first kappa shape index (κ1) is 13.0. The summed E-state index contributed by atoms with van der Waals surface area (Å²) < 4.78 is 10.5. The van der Waals surface area contributed by atoms with Crippen LogP contribution in [-0.4, -0.2) is 15.6 Å². The van der Waals surface area contributed by atoms with Gasteiger partial charge in [-0.25, -0.2) is 0 Å². The summed E-state index contributed by atoms with van der Waals surface area (Å²) >= 11 is 3.30. The molecule has 0 aliphatic heterocycles. The number of halogens is 1. The highest BCUT2D eigenvalue weighted by atomic mass is 79.9. The molecule has 0 radical (unpaired) electrons. The van der Waals surface area contributed by atoms with Gasteiger partial charge in [-0.05, 0) is 31.2 Å². The van der Waals surface area contributed by atoms with Crippen molar-refractivity contribution in [3.8, 4) is 0 Å². The van der Waals surface area contributed by atoms with Crippen LogP contribution >= 0.6 is 15.9 Å². The lowest BCUT2D eigenvalue weighted by atomic mass is 10.3. The quantitative estimate of drug-likeness (QED) is 0.797. The first-order chi connectivity index (χ1) is 8.66. The maximum Gasteiger partial charge on any atom is 0.236 e. The molecule has 4 nitrogen and oxygen atoms in total. The fourth-order valence-corrected chi connectivity index (χ4v) is 1.93. The second kappa shape index (κ2) is 5.91. The van der Waals surface area contributed by atoms with Crippen LogP contribution in [0.5, 0.6) is 0 Å². The zero-order valence-corrected chi connectivity index (χ0v) is 11.6. The summed E-state index contributed by atoms with van der Waals surface area (Å²) in [6.07, 6.45) is 3.20. The van der Waals surface area contributed by atoms with Gasteiger partial charge in [-0.1, -0.05) is 15.9 Å². The van der Waals surface area contributed by atoms with E-state index in [1.54, 1.807) is 24.3 Å². The van der Waals surface area contributed by atoms with Gasteiger partial charge in [-0.3, -0.25) is 4.79 Å². The average molecular weight is 312 g/mol. The Kier molecular flexibility index (Phi) is 4.25. The average Bonchev–Trinajstić information content (AvgIpc) is 2.99. The van der Waals surface area contributed by atoms with Gasteiger partial charge in [0.15, 0.2) is 0 Å². The number of hydrogen-bond acceptors (Lipinski definition) is 3. The molecule has 5 heteroatoms.